The van der Waals surface area contributed by atoms with Crippen molar-refractivity contribution in [2.24, 2.45) is 20.4 Å². The molecule has 4 rings (SSSR count). The first-order valence-electron chi connectivity index (χ1n) is 11.1. The van der Waals surface area contributed by atoms with Crippen molar-refractivity contribution >= 4 is 23.9 Å². The first-order valence-corrected chi connectivity index (χ1v) is 11.1. The largest absolute Gasteiger partial charge is 0.507 e. The number of phenolic OH excluding ortho intramolecular Hbond substituents is 2. The Bertz CT molecular complexity index is 1270. The minimum absolute atomic E-state index is 0. The summed E-state index contributed by atoms with van der Waals surface area (Å²) in [7, 11) is 0. The molecule has 0 atom stereocenters. The fraction of sp³-hybridized carbons (Fsp3) is 0.0714. The SMILES string of the molecule is C/C(=N\N=C\c1ccccc1O)c1ccccn1.C/C(=N\N=C\c1ccccc1O)c1ccccn1.O.O.[Zn]. The van der Waals surface area contributed by atoms with E-state index in [1.807, 2.05) is 62.4 Å². The Kier molecular flexibility index (Phi) is 16.6. The quantitative estimate of drug-likeness (QED) is 0.201. The molecule has 2 aromatic heterocycles. The second-order valence-electron chi connectivity index (χ2n) is 7.41. The number of para-hydroxylation sites is 2. The molecule has 11 heteroatoms. The second kappa shape index (κ2) is 18.8. The van der Waals surface area contributed by atoms with Crippen LogP contribution >= 0.6 is 0 Å². The molecule has 0 fully saturated rings. The standard InChI is InChI=1S/2C14H13N3O.2H2O.Zn/c2*1-11(13-7-4-5-9-15-13)17-16-10-12-6-2-3-8-14(12)18;;;/h2*2-10,18H,1H3;2*1H2;/b2*16-10+,17-11+;;;. The van der Waals surface area contributed by atoms with E-state index in [1.165, 1.54) is 12.4 Å². The van der Waals surface area contributed by atoms with E-state index >= 15 is 0 Å². The van der Waals surface area contributed by atoms with Crippen molar-refractivity contribution < 1.29 is 40.6 Å². The second-order valence-corrected chi connectivity index (χ2v) is 7.41. The molecule has 0 radical (unpaired) electrons. The predicted molar refractivity (Wildman–Crippen MR) is 152 cm³/mol. The Morgan fingerprint density at radius 3 is 1.28 bits per heavy atom. The molecule has 2 heterocycles. The summed E-state index contributed by atoms with van der Waals surface area (Å²) >= 11 is 0. The predicted octanol–water partition coefficient (Wildman–Crippen LogP) is 3.61. The maximum atomic E-state index is 9.54. The number of rotatable bonds is 6. The zero-order valence-electron chi connectivity index (χ0n) is 21.7. The summed E-state index contributed by atoms with van der Waals surface area (Å²) in [5.74, 6) is 0.374. The summed E-state index contributed by atoms with van der Waals surface area (Å²) in [6.07, 6.45) is 6.45. The van der Waals surface area contributed by atoms with Crippen LogP contribution in [0.1, 0.15) is 36.4 Å². The van der Waals surface area contributed by atoms with Gasteiger partial charge in [0.2, 0.25) is 0 Å². The maximum Gasteiger partial charge on any atom is 0.124 e. The van der Waals surface area contributed by atoms with Crippen molar-refractivity contribution in [3.8, 4) is 11.5 Å². The van der Waals surface area contributed by atoms with E-state index in [2.05, 4.69) is 30.4 Å². The number of hydrogen-bond acceptors (Lipinski definition) is 8. The van der Waals surface area contributed by atoms with Crippen molar-refractivity contribution in [2.75, 3.05) is 0 Å². The monoisotopic (exact) mass is 578 g/mol. The van der Waals surface area contributed by atoms with E-state index in [0.29, 0.717) is 11.1 Å². The Labute approximate surface area is 239 Å². The van der Waals surface area contributed by atoms with Crippen LogP contribution in [0.5, 0.6) is 11.5 Å². The molecule has 6 N–H and O–H groups in total. The van der Waals surface area contributed by atoms with Gasteiger partial charge in [0, 0.05) is 43.0 Å². The summed E-state index contributed by atoms with van der Waals surface area (Å²) in [5.41, 5.74) is 4.29. The molecule has 10 nitrogen and oxygen atoms in total. The third kappa shape index (κ3) is 11.7. The molecular formula is C28H30N6O4Zn. The first kappa shape index (κ1) is 34.6. The van der Waals surface area contributed by atoms with Gasteiger partial charge >= 0.3 is 0 Å². The van der Waals surface area contributed by atoms with Gasteiger partial charge in [-0.2, -0.15) is 20.4 Å². The molecule has 2 aromatic carbocycles. The molecule has 0 saturated carbocycles. The average Bonchev–Trinajstić information content (AvgIpc) is 2.92. The van der Waals surface area contributed by atoms with E-state index in [0.717, 1.165) is 22.8 Å². The Morgan fingerprint density at radius 2 is 0.949 bits per heavy atom. The summed E-state index contributed by atoms with van der Waals surface area (Å²) in [6.45, 7) is 3.68. The topological polar surface area (TPSA) is 179 Å². The molecule has 0 unspecified atom stereocenters. The van der Waals surface area contributed by atoms with E-state index < -0.39 is 0 Å². The van der Waals surface area contributed by atoms with Gasteiger partial charge in [-0.25, -0.2) is 0 Å². The molecular weight excluding hydrogens is 550 g/mol. The van der Waals surface area contributed by atoms with Crippen LogP contribution in [0.15, 0.2) is 118 Å². The minimum atomic E-state index is 0. The van der Waals surface area contributed by atoms with Crippen LogP contribution in [0, 0.1) is 0 Å². The molecule has 198 valence electrons. The van der Waals surface area contributed by atoms with Crippen molar-refractivity contribution in [3.05, 3.63) is 120 Å². The van der Waals surface area contributed by atoms with Crippen LogP contribution < -0.4 is 0 Å². The molecule has 4 aromatic rings. The summed E-state index contributed by atoms with van der Waals surface area (Å²) in [5, 5.41) is 35.1. The molecule has 0 bridgehead atoms. The summed E-state index contributed by atoms with van der Waals surface area (Å²) < 4.78 is 0. The van der Waals surface area contributed by atoms with Crippen LogP contribution in [0.25, 0.3) is 0 Å². The van der Waals surface area contributed by atoms with Gasteiger partial charge in [0.15, 0.2) is 0 Å². The van der Waals surface area contributed by atoms with E-state index in [1.54, 1.807) is 48.8 Å². The van der Waals surface area contributed by atoms with Crippen LogP contribution in [-0.4, -0.2) is 55.0 Å². The maximum absolute atomic E-state index is 9.54. The summed E-state index contributed by atoms with van der Waals surface area (Å²) in [4.78, 5) is 8.34. The van der Waals surface area contributed by atoms with Gasteiger partial charge in [-0.15, -0.1) is 0 Å². The fourth-order valence-electron chi connectivity index (χ4n) is 2.80. The molecule has 0 aliphatic heterocycles. The van der Waals surface area contributed by atoms with Crippen LogP contribution in [0.4, 0.5) is 0 Å². The third-order valence-corrected chi connectivity index (χ3v) is 4.75. The van der Waals surface area contributed by atoms with Gasteiger partial charge in [-0.05, 0) is 62.4 Å². The van der Waals surface area contributed by atoms with Crippen molar-refractivity contribution in [2.45, 2.75) is 13.8 Å². The van der Waals surface area contributed by atoms with Gasteiger partial charge in [-0.1, -0.05) is 36.4 Å². The number of pyridine rings is 2. The van der Waals surface area contributed by atoms with Gasteiger partial charge in [0.1, 0.15) is 11.5 Å². The molecule has 39 heavy (non-hydrogen) atoms. The number of phenols is 2. The molecule has 0 aliphatic rings. The molecule has 0 saturated heterocycles. The third-order valence-electron chi connectivity index (χ3n) is 4.75. The van der Waals surface area contributed by atoms with E-state index in [9.17, 15) is 10.2 Å². The molecule has 0 amide bonds. The zero-order chi connectivity index (χ0) is 25.6. The van der Waals surface area contributed by atoms with Gasteiger partial charge in [0.05, 0.1) is 35.2 Å². The Hall–Kier alpha value is -4.44. The van der Waals surface area contributed by atoms with E-state index in [4.69, 9.17) is 0 Å². The van der Waals surface area contributed by atoms with Crippen molar-refractivity contribution in [1.29, 1.82) is 0 Å². The number of hydrogen-bond donors (Lipinski definition) is 2. The summed E-state index contributed by atoms with van der Waals surface area (Å²) in [6, 6.07) is 25.2. The van der Waals surface area contributed by atoms with Gasteiger partial charge in [-0.3, -0.25) is 9.97 Å². The normalized spacial score (nSPS) is 11.0. The average molecular weight is 580 g/mol. The zero-order valence-corrected chi connectivity index (χ0v) is 24.6. The number of aromatic nitrogens is 2. The number of aromatic hydroxyl groups is 2. The van der Waals surface area contributed by atoms with Crippen LogP contribution in [0.2, 0.25) is 0 Å². The smallest absolute Gasteiger partial charge is 0.124 e. The first-order chi connectivity index (χ1) is 17.5. The number of nitrogens with zero attached hydrogens (tertiary/aromatic N) is 6. The Morgan fingerprint density at radius 1 is 0.590 bits per heavy atom. The van der Waals surface area contributed by atoms with Crippen molar-refractivity contribution in [3.63, 3.8) is 0 Å². The van der Waals surface area contributed by atoms with E-state index in [-0.39, 0.29) is 41.9 Å². The molecule has 0 spiro atoms. The molecule has 0 aliphatic carbocycles. The van der Waals surface area contributed by atoms with Crippen molar-refractivity contribution in [1.82, 2.24) is 9.97 Å². The minimum Gasteiger partial charge on any atom is -0.507 e. The fourth-order valence-corrected chi connectivity index (χ4v) is 2.80. The van der Waals surface area contributed by atoms with Crippen LogP contribution in [-0.2, 0) is 19.5 Å². The number of benzene rings is 2. The van der Waals surface area contributed by atoms with Gasteiger partial charge in [0.25, 0.3) is 0 Å². The van der Waals surface area contributed by atoms with Gasteiger partial charge < -0.3 is 21.2 Å². The Balaban J connectivity index is 0.000000688. The van der Waals surface area contributed by atoms with Crippen LogP contribution in [0.3, 0.4) is 0 Å².